The van der Waals surface area contributed by atoms with Crippen molar-refractivity contribution in [3.8, 4) is 11.6 Å². The molecule has 0 N–H and O–H groups in total. The molecule has 2 aromatic heterocycles. The highest BCUT2D eigenvalue weighted by Gasteiger charge is 2.15. The SMILES string of the molecule is Cn1c(SCc2c(Cl)cccc2Cl)nnc1-c1ccc(Br)o1. The van der Waals surface area contributed by atoms with Crippen molar-refractivity contribution < 1.29 is 4.42 Å². The number of hydrogen-bond acceptors (Lipinski definition) is 4. The van der Waals surface area contributed by atoms with Gasteiger partial charge in [0.15, 0.2) is 21.4 Å². The van der Waals surface area contributed by atoms with Crippen LogP contribution in [0.1, 0.15) is 5.56 Å². The number of halogens is 3. The van der Waals surface area contributed by atoms with Gasteiger partial charge in [-0.2, -0.15) is 0 Å². The lowest BCUT2D eigenvalue weighted by molar-refractivity contribution is 0.547. The molecule has 1 aromatic carbocycles. The van der Waals surface area contributed by atoms with E-state index in [4.69, 9.17) is 27.6 Å². The molecule has 0 aliphatic carbocycles. The molecule has 22 heavy (non-hydrogen) atoms. The van der Waals surface area contributed by atoms with Gasteiger partial charge in [-0.1, -0.05) is 41.0 Å². The predicted octanol–water partition coefficient (Wildman–Crippen LogP) is 5.44. The lowest BCUT2D eigenvalue weighted by Gasteiger charge is -2.06. The molecule has 0 unspecified atom stereocenters. The van der Waals surface area contributed by atoms with Crippen LogP contribution in [0.5, 0.6) is 0 Å². The van der Waals surface area contributed by atoms with Gasteiger partial charge in [0.05, 0.1) is 0 Å². The maximum atomic E-state index is 6.18. The molecule has 0 fully saturated rings. The average molecular weight is 419 g/mol. The van der Waals surface area contributed by atoms with Gasteiger partial charge in [-0.25, -0.2) is 0 Å². The second kappa shape index (κ2) is 6.66. The Morgan fingerprint density at radius 1 is 1.18 bits per heavy atom. The molecule has 0 amide bonds. The van der Waals surface area contributed by atoms with E-state index in [-0.39, 0.29) is 0 Å². The van der Waals surface area contributed by atoms with Crippen molar-refractivity contribution in [1.29, 1.82) is 0 Å². The lowest BCUT2D eigenvalue weighted by Crippen LogP contribution is -1.94. The summed E-state index contributed by atoms with van der Waals surface area (Å²) in [4.78, 5) is 0. The van der Waals surface area contributed by atoms with Gasteiger partial charge in [0.2, 0.25) is 0 Å². The molecule has 2 heterocycles. The number of benzene rings is 1. The van der Waals surface area contributed by atoms with Gasteiger partial charge in [-0.15, -0.1) is 10.2 Å². The van der Waals surface area contributed by atoms with E-state index < -0.39 is 0 Å². The van der Waals surface area contributed by atoms with Crippen molar-refractivity contribution in [2.24, 2.45) is 7.05 Å². The first-order valence-electron chi connectivity index (χ1n) is 6.27. The first kappa shape index (κ1) is 15.9. The molecule has 0 saturated heterocycles. The summed E-state index contributed by atoms with van der Waals surface area (Å²) >= 11 is 17.2. The summed E-state index contributed by atoms with van der Waals surface area (Å²) in [6.07, 6.45) is 0. The van der Waals surface area contributed by atoms with Crippen molar-refractivity contribution in [1.82, 2.24) is 14.8 Å². The molecule has 0 aliphatic heterocycles. The summed E-state index contributed by atoms with van der Waals surface area (Å²) in [6, 6.07) is 9.14. The third-order valence-electron chi connectivity index (χ3n) is 3.04. The molecule has 0 spiro atoms. The topological polar surface area (TPSA) is 43.9 Å². The zero-order chi connectivity index (χ0) is 15.7. The van der Waals surface area contributed by atoms with E-state index in [0.29, 0.717) is 32.1 Å². The fourth-order valence-electron chi connectivity index (χ4n) is 1.90. The molecule has 0 radical (unpaired) electrons. The second-order valence-corrected chi connectivity index (χ2v) is 7.00. The van der Waals surface area contributed by atoms with Crippen LogP contribution in [0, 0.1) is 0 Å². The van der Waals surface area contributed by atoms with Gasteiger partial charge in [0.1, 0.15) is 0 Å². The van der Waals surface area contributed by atoms with Gasteiger partial charge < -0.3 is 8.98 Å². The molecular formula is C14H10BrCl2N3OS. The van der Waals surface area contributed by atoms with Crippen LogP contribution in [-0.4, -0.2) is 14.8 Å². The van der Waals surface area contributed by atoms with E-state index in [9.17, 15) is 0 Å². The Balaban J connectivity index is 1.81. The Kier molecular flexibility index (Phi) is 4.82. The third-order valence-corrected chi connectivity index (χ3v) is 5.22. The predicted molar refractivity (Wildman–Crippen MR) is 92.4 cm³/mol. The normalized spacial score (nSPS) is 11.1. The molecule has 0 bridgehead atoms. The van der Waals surface area contributed by atoms with Gasteiger partial charge >= 0.3 is 0 Å². The fourth-order valence-corrected chi connectivity index (χ4v) is 3.86. The minimum absolute atomic E-state index is 0.617. The first-order valence-corrected chi connectivity index (χ1v) is 8.80. The monoisotopic (exact) mass is 417 g/mol. The van der Waals surface area contributed by atoms with E-state index in [1.54, 1.807) is 0 Å². The molecule has 0 atom stereocenters. The number of aromatic nitrogens is 3. The highest BCUT2D eigenvalue weighted by Crippen LogP contribution is 2.32. The minimum Gasteiger partial charge on any atom is -0.446 e. The summed E-state index contributed by atoms with van der Waals surface area (Å²) in [6.45, 7) is 0. The molecular weight excluding hydrogens is 409 g/mol. The van der Waals surface area contributed by atoms with E-state index >= 15 is 0 Å². The van der Waals surface area contributed by atoms with E-state index in [1.165, 1.54) is 11.8 Å². The summed E-state index contributed by atoms with van der Waals surface area (Å²) in [7, 11) is 1.89. The van der Waals surface area contributed by atoms with Gasteiger partial charge in [-0.05, 0) is 45.8 Å². The zero-order valence-corrected chi connectivity index (χ0v) is 15.3. The van der Waals surface area contributed by atoms with Gasteiger partial charge in [0, 0.05) is 22.8 Å². The number of rotatable bonds is 4. The molecule has 0 saturated carbocycles. The smallest absolute Gasteiger partial charge is 0.200 e. The van der Waals surface area contributed by atoms with Crippen LogP contribution in [0.3, 0.4) is 0 Å². The minimum atomic E-state index is 0.617. The molecule has 0 aliphatic rings. The Bertz CT molecular complexity index is 798. The number of nitrogens with zero attached hydrogens (tertiary/aromatic N) is 3. The van der Waals surface area contributed by atoms with Crippen molar-refractivity contribution in [2.45, 2.75) is 10.9 Å². The summed E-state index contributed by atoms with van der Waals surface area (Å²) < 4.78 is 8.04. The first-order chi connectivity index (χ1) is 10.6. The molecule has 8 heteroatoms. The van der Waals surface area contributed by atoms with Crippen molar-refractivity contribution in [3.63, 3.8) is 0 Å². The Morgan fingerprint density at radius 3 is 2.55 bits per heavy atom. The summed E-state index contributed by atoms with van der Waals surface area (Å²) in [5.74, 6) is 1.94. The van der Waals surface area contributed by atoms with E-state index in [0.717, 1.165) is 10.7 Å². The van der Waals surface area contributed by atoms with Gasteiger partial charge in [0.25, 0.3) is 0 Å². The average Bonchev–Trinajstić information content (AvgIpc) is 3.05. The zero-order valence-electron chi connectivity index (χ0n) is 11.4. The molecule has 3 rings (SSSR count). The van der Waals surface area contributed by atoms with Crippen LogP contribution in [0.2, 0.25) is 10.0 Å². The van der Waals surface area contributed by atoms with Crippen LogP contribution in [-0.2, 0) is 12.8 Å². The summed E-state index contributed by atoms with van der Waals surface area (Å²) in [5.41, 5.74) is 0.890. The number of furan rings is 1. The number of hydrogen-bond donors (Lipinski definition) is 0. The second-order valence-electron chi connectivity index (χ2n) is 4.46. The highest BCUT2D eigenvalue weighted by molar-refractivity contribution is 9.10. The molecule has 114 valence electrons. The standard InChI is InChI=1S/C14H10BrCl2N3OS/c1-20-13(11-5-6-12(15)21-11)18-19-14(20)22-7-8-9(16)3-2-4-10(8)17/h2-6H,7H2,1H3. The largest absolute Gasteiger partial charge is 0.446 e. The van der Waals surface area contributed by atoms with Crippen molar-refractivity contribution in [2.75, 3.05) is 0 Å². The van der Waals surface area contributed by atoms with Crippen LogP contribution in [0.25, 0.3) is 11.6 Å². The quantitative estimate of drug-likeness (QED) is 0.529. The maximum Gasteiger partial charge on any atom is 0.200 e. The van der Waals surface area contributed by atoms with Crippen LogP contribution in [0.15, 0.2) is 44.6 Å². The van der Waals surface area contributed by atoms with Crippen LogP contribution in [0.4, 0.5) is 0 Å². The summed E-state index contributed by atoms with van der Waals surface area (Å²) in [5, 5.41) is 10.4. The van der Waals surface area contributed by atoms with Crippen LogP contribution < -0.4 is 0 Å². The molecule has 4 nitrogen and oxygen atoms in total. The highest BCUT2D eigenvalue weighted by atomic mass is 79.9. The number of thioether (sulfide) groups is 1. The maximum absolute atomic E-state index is 6.18. The van der Waals surface area contributed by atoms with Crippen LogP contribution >= 0.6 is 50.9 Å². The van der Waals surface area contributed by atoms with E-state index in [2.05, 4.69) is 26.1 Å². The van der Waals surface area contributed by atoms with Gasteiger partial charge in [-0.3, -0.25) is 0 Å². The third kappa shape index (κ3) is 3.20. The van der Waals surface area contributed by atoms with Crippen molar-refractivity contribution >= 4 is 50.9 Å². The van der Waals surface area contributed by atoms with Crippen molar-refractivity contribution in [3.05, 3.63) is 50.6 Å². The Hall–Kier alpha value is -0.950. The van der Waals surface area contributed by atoms with E-state index in [1.807, 2.05) is 41.9 Å². The Morgan fingerprint density at radius 2 is 1.91 bits per heavy atom. The fraction of sp³-hybridized carbons (Fsp3) is 0.143. The Labute approximate surface area is 149 Å². The lowest BCUT2D eigenvalue weighted by atomic mass is 10.2. The molecule has 3 aromatic rings.